The third-order valence-corrected chi connectivity index (χ3v) is 3.49. The van der Waals surface area contributed by atoms with Crippen LogP contribution in [0.1, 0.15) is 0 Å². The summed E-state index contributed by atoms with van der Waals surface area (Å²) in [5, 5.41) is 18.1. The van der Waals surface area contributed by atoms with Gasteiger partial charge in [-0.2, -0.15) is 4.99 Å². The van der Waals surface area contributed by atoms with Crippen LogP contribution in [-0.4, -0.2) is 78.2 Å². The minimum Gasteiger partial charge on any atom is -1.00 e. The number of nitrogens with one attached hydrogen (secondary N) is 1. The molecule has 2 heterocycles. The summed E-state index contributed by atoms with van der Waals surface area (Å²) in [6.07, 6.45) is 4.64. The molecule has 0 spiro atoms. The second-order valence-corrected chi connectivity index (χ2v) is 4.99. The summed E-state index contributed by atoms with van der Waals surface area (Å²) in [4.78, 5) is 20.4. The number of guanidine groups is 1. The second-order valence-electron chi connectivity index (χ2n) is 4.99. The predicted molar refractivity (Wildman–Crippen MR) is 76.7 cm³/mol. The Morgan fingerprint density at radius 1 is 1.48 bits per heavy atom. The summed E-state index contributed by atoms with van der Waals surface area (Å²) in [7, 11) is 1.62. The van der Waals surface area contributed by atoms with Crippen LogP contribution in [0.2, 0.25) is 0 Å². The van der Waals surface area contributed by atoms with Crippen molar-refractivity contribution < 1.29 is 48.6 Å². The molecular weight excluding hydrogens is 417 g/mol. The molecule has 9 nitrogen and oxygen atoms in total. The van der Waals surface area contributed by atoms with Crippen molar-refractivity contribution in [1.29, 1.82) is 0 Å². The van der Waals surface area contributed by atoms with E-state index in [1.54, 1.807) is 16.8 Å². The molecule has 0 saturated heterocycles. The first-order chi connectivity index (χ1) is 10.5. The molecule has 1 amide bonds. The van der Waals surface area contributed by atoms with Gasteiger partial charge in [0.05, 0.1) is 33.5 Å². The molecule has 0 radical (unpaired) electrons. The average Bonchev–Trinajstić information content (AvgIpc) is 2.84. The number of ether oxygens (including phenoxy) is 1. The maximum Gasteiger partial charge on any atom is 0.371 e. The molecule has 0 aromatic heterocycles. The smallest absolute Gasteiger partial charge is 0.371 e. The van der Waals surface area contributed by atoms with Crippen LogP contribution in [0.25, 0.3) is 0 Å². The molecule has 2 aliphatic rings. The lowest BCUT2D eigenvalue weighted by Crippen LogP contribution is -3.16. The van der Waals surface area contributed by atoms with E-state index >= 15 is 0 Å². The number of halogens is 1. The van der Waals surface area contributed by atoms with E-state index in [2.05, 4.69) is 10.9 Å². The van der Waals surface area contributed by atoms with Gasteiger partial charge >= 0.3 is 11.9 Å². The molecule has 0 aromatic carbocycles. The highest BCUT2D eigenvalue weighted by Crippen LogP contribution is 2.25. The number of hydrogen-bond donors (Lipinski definition) is 4. The third kappa shape index (κ3) is 3.93. The number of nitrogens with two attached hydrogens (primary N) is 1. The van der Waals surface area contributed by atoms with Gasteiger partial charge in [-0.15, -0.1) is 6.42 Å². The van der Waals surface area contributed by atoms with E-state index in [1.807, 2.05) is 0 Å². The Labute approximate surface area is 151 Å². The van der Waals surface area contributed by atoms with Gasteiger partial charge < -0.3 is 54.5 Å². The topological polar surface area (TPSA) is 116 Å². The van der Waals surface area contributed by atoms with E-state index in [4.69, 9.17) is 27.1 Å². The molecule has 1 unspecified atom stereocenters. The lowest BCUT2D eigenvalue weighted by Gasteiger charge is -2.23. The Bertz CT molecular complexity index is 555. The Morgan fingerprint density at radius 2 is 2.13 bits per heavy atom. The number of rotatable bonds is 6. The molecule has 10 heteroatoms. The molecule has 0 bridgehead atoms. The molecule has 128 valence electrons. The highest BCUT2D eigenvalue weighted by atomic mass is 127. The van der Waals surface area contributed by atoms with Crippen molar-refractivity contribution in [1.82, 2.24) is 9.80 Å². The van der Waals surface area contributed by atoms with E-state index < -0.39 is 6.10 Å². The van der Waals surface area contributed by atoms with Crippen LogP contribution in [0, 0.1) is 12.3 Å². The second kappa shape index (κ2) is 8.46. The van der Waals surface area contributed by atoms with Gasteiger partial charge in [-0.25, -0.2) is 9.69 Å². The summed E-state index contributed by atoms with van der Waals surface area (Å²) in [6.45, 7) is 0.0271. The highest BCUT2D eigenvalue weighted by Gasteiger charge is 2.42. The maximum atomic E-state index is 12.4. The van der Waals surface area contributed by atoms with Gasteiger partial charge in [0, 0.05) is 0 Å². The molecule has 0 aliphatic carbocycles. The Kier molecular flexibility index (Phi) is 7.23. The number of aliphatic imine (C=N–C) groups is 1. The quantitative estimate of drug-likeness (QED) is 0.241. The number of hydrogen-bond acceptors (Lipinski definition) is 8. The summed E-state index contributed by atoms with van der Waals surface area (Å²) in [5.41, 5.74) is 6.17. The standard InChI is InChI=1S/C13H19N5O4.HI/c1-3-4-17-7-18(8-22-9(5-19)6-20)11-10(17)12(21)16(2)13(14)15-11;/h1,9,19-20H,4-8H2,2H3,(H2,14,15);1H. The van der Waals surface area contributed by atoms with E-state index in [1.165, 1.54) is 0 Å². The van der Waals surface area contributed by atoms with E-state index in [0.717, 1.165) is 0 Å². The number of aliphatic hydroxyl groups excluding tert-OH is 2. The summed E-state index contributed by atoms with van der Waals surface area (Å²) in [6, 6.07) is 0. The number of nitrogens with zero attached hydrogens (tertiary/aromatic N) is 3. The molecule has 1 atom stereocenters. The van der Waals surface area contributed by atoms with Crippen LogP contribution < -0.4 is 34.6 Å². The minimum absolute atomic E-state index is 0. The van der Waals surface area contributed by atoms with Crippen molar-refractivity contribution in [3.05, 3.63) is 11.5 Å². The van der Waals surface area contributed by atoms with Crippen molar-refractivity contribution in [2.24, 2.45) is 10.7 Å². The largest absolute Gasteiger partial charge is 1.00 e. The van der Waals surface area contributed by atoms with Gasteiger partial charge in [-0.05, 0) is 0 Å². The first-order valence-corrected chi connectivity index (χ1v) is 6.77. The Balaban J connectivity index is 0.00000264. The van der Waals surface area contributed by atoms with Gasteiger partial charge in [0.15, 0.2) is 11.5 Å². The first-order valence-electron chi connectivity index (χ1n) is 6.77. The van der Waals surface area contributed by atoms with Crippen LogP contribution in [0.5, 0.6) is 0 Å². The van der Waals surface area contributed by atoms with E-state index in [-0.39, 0.29) is 62.3 Å². The summed E-state index contributed by atoms with van der Waals surface area (Å²) >= 11 is 0. The zero-order chi connectivity index (χ0) is 16.3. The Morgan fingerprint density at radius 3 is 2.70 bits per heavy atom. The molecule has 2 rings (SSSR count). The number of likely N-dealkylation sites (N-methyl/N-ethyl adjacent to an activating group) is 1. The van der Waals surface area contributed by atoms with E-state index in [0.29, 0.717) is 23.1 Å². The van der Waals surface area contributed by atoms with Gasteiger partial charge in [-0.3, -0.25) is 0 Å². The first kappa shape index (κ1) is 19.7. The lowest BCUT2D eigenvalue weighted by atomic mass is 10.3. The zero-order valence-electron chi connectivity index (χ0n) is 12.7. The van der Waals surface area contributed by atoms with Crippen LogP contribution in [0.3, 0.4) is 0 Å². The Hall–Kier alpha value is -1.39. The van der Waals surface area contributed by atoms with Crippen LogP contribution in [-0.2, 0) is 9.53 Å². The molecule has 0 fully saturated rings. The summed E-state index contributed by atoms with van der Waals surface area (Å²) in [5.74, 6) is 2.86. The molecule has 5 N–H and O–H groups in total. The minimum atomic E-state index is -0.695. The van der Waals surface area contributed by atoms with Crippen LogP contribution >= 0.6 is 0 Å². The van der Waals surface area contributed by atoms with Crippen molar-refractivity contribution in [2.75, 3.05) is 40.2 Å². The van der Waals surface area contributed by atoms with Crippen molar-refractivity contribution in [3.63, 3.8) is 0 Å². The SMILES string of the molecule is C#CCN1CN(COC(CO)CO)C2=C1C(=O)[NH+](C)C(N)=N2.[I-]. The number of aliphatic hydroxyl groups is 2. The zero-order valence-corrected chi connectivity index (χ0v) is 14.9. The molecule has 0 aromatic rings. The molecular formula is C13H20IN5O4. The number of quaternary nitrogens is 1. The molecule has 2 aliphatic heterocycles. The van der Waals surface area contributed by atoms with Crippen molar-refractivity contribution in [3.8, 4) is 12.3 Å². The fourth-order valence-electron chi connectivity index (χ4n) is 2.20. The van der Waals surface area contributed by atoms with Crippen molar-refractivity contribution in [2.45, 2.75) is 6.10 Å². The normalized spacial score (nSPS) is 20.4. The molecule has 23 heavy (non-hydrogen) atoms. The fourth-order valence-corrected chi connectivity index (χ4v) is 2.20. The van der Waals surface area contributed by atoms with E-state index in [9.17, 15) is 4.79 Å². The predicted octanol–water partition coefficient (Wildman–Crippen LogP) is -6.94. The monoisotopic (exact) mass is 437 g/mol. The number of carbonyl (C=O) groups excluding carboxylic acids is 1. The van der Waals surface area contributed by atoms with Crippen molar-refractivity contribution >= 4 is 11.9 Å². The summed E-state index contributed by atoms with van der Waals surface area (Å²) < 4.78 is 5.38. The maximum absolute atomic E-state index is 12.4. The fraction of sp³-hybridized carbons (Fsp3) is 0.538. The molecule has 0 saturated carbocycles. The van der Waals surface area contributed by atoms with Crippen LogP contribution in [0.15, 0.2) is 16.5 Å². The van der Waals surface area contributed by atoms with Gasteiger partial charge in [0.25, 0.3) is 0 Å². The van der Waals surface area contributed by atoms with Gasteiger partial charge in [0.1, 0.15) is 12.8 Å². The highest BCUT2D eigenvalue weighted by molar-refractivity contribution is 5.96. The van der Waals surface area contributed by atoms with Crippen LogP contribution in [0.4, 0.5) is 0 Å². The van der Waals surface area contributed by atoms with Gasteiger partial charge in [-0.1, -0.05) is 5.92 Å². The number of carbonyl (C=O) groups is 1. The number of terminal acetylenes is 1. The average molecular weight is 437 g/mol. The third-order valence-electron chi connectivity index (χ3n) is 3.49. The lowest BCUT2D eigenvalue weighted by molar-refractivity contribution is -0.696. The number of amides is 1. The van der Waals surface area contributed by atoms with Gasteiger partial charge in [0.2, 0.25) is 0 Å².